The minimum Gasteiger partial charge on any atom is -0.289 e. The number of allylic oxidation sites excluding steroid dienone is 1. The van der Waals surface area contributed by atoms with Gasteiger partial charge in [0.15, 0.2) is 5.78 Å². The summed E-state index contributed by atoms with van der Waals surface area (Å²) in [7, 11) is 0. The van der Waals surface area contributed by atoms with Crippen LogP contribution in [0, 0.1) is 17.0 Å². The van der Waals surface area contributed by atoms with Crippen molar-refractivity contribution in [2.75, 3.05) is 0 Å². The number of non-ortho nitro benzene ring substituents is 1. The van der Waals surface area contributed by atoms with Gasteiger partial charge in [-0.05, 0) is 48.2 Å². The third kappa shape index (κ3) is 3.05. The van der Waals surface area contributed by atoms with E-state index in [4.69, 9.17) is 0 Å². The van der Waals surface area contributed by atoms with E-state index in [1.165, 1.54) is 40.4 Å². The fourth-order valence-electron chi connectivity index (χ4n) is 2.35. The van der Waals surface area contributed by atoms with E-state index in [0.717, 1.165) is 10.4 Å². The summed E-state index contributed by atoms with van der Waals surface area (Å²) in [5.74, 6) is -0.170. The molecule has 0 atom stereocenters. The molecule has 0 saturated heterocycles. The molecule has 1 aromatic heterocycles. The molecule has 0 aliphatic heterocycles. The highest BCUT2D eigenvalue weighted by molar-refractivity contribution is 7.20. The summed E-state index contributed by atoms with van der Waals surface area (Å²) in [6.45, 7) is 2.04. The number of nitro groups is 1. The van der Waals surface area contributed by atoms with Crippen LogP contribution in [0.2, 0.25) is 0 Å². The van der Waals surface area contributed by atoms with E-state index in [1.54, 1.807) is 11.3 Å². The Morgan fingerprint density at radius 3 is 2.48 bits per heavy atom. The van der Waals surface area contributed by atoms with Crippen molar-refractivity contribution in [3.63, 3.8) is 0 Å². The average molecular weight is 323 g/mol. The van der Waals surface area contributed by atoms with Gasteiger partial charge in [-0.1, -0.05) is 18.2 Å². The van der Waals surface area contributed by atoms with Crippen LogP contribution in [0.25, 0.3) is 16.2 Å². The SMILES string of the molecule is Cc1c(/C=C\C(=O)c2ccc([N+](=O)[O-])cc2)sc2ccccc12. The normalized spacial score (nSPS) is 11.2. The summed E-state index contributed by atoms with van der Waals surface area (Å²) < 4.78 is 1.19. The zero-order valence-electron chi connectivity index (χ0n) is 12.4. The number of aryl methyl sites for hydroxylation is 1. The Hall–Kier alpha value is -2.79. The molecule has 4 nitrogen and oxygen atoms in total. The lowest BCUT2D eigenvalue weighted by Gasteiger charge is -1.96. The molecule has 0 N–H and O–H groups in total. The fraction of sp³-hybridized carbons (Fsp3) is 0.0556. The highest BCUT2D eigenvalue weighted by Crippen LogP contribution is 2.31. The first-order valence-corrected chi connectivity index (χ1v) is 7.83. The van der Waals surface area contributed by atoms with Gasteiger partial charge in [0, 0.05) is 27.3 Å². The predicted octanol–water partition coefficient (Wildman–Crippen LogP) is 5.01. The van der Waals surface area contributed by atoms with E-state index in [9.17, 15) is 14.9 Å². The van der Waals surface area contributed by atoms with E-state index in [0.29, 0.717) is 5.56 Å². The summed E-state index contributed by atoms with van der Waals surface area (Å²) in [6, 6.07) is 13.7. The van der Waals surface area contributed by atoms with Crippen molar-refractivity contribution < 1.29 is 9.72 Å². The molecule has 0 fully saturated rings. The van der Waals surface area contributed by atoms with Gasteiger partial charge in [0.2, 0.25) is 0 Å². The van der Waals surface area contributed by atoms with Gasteiger partial charge >= 0.3 is 0 Å². The summed E-state index contributed by atoms with van der Waals surface area (Å²) in [4.78, 5) is 23.4. The number of carbonyl (C=O) groups excluding carboxylic acids is 1. The number of thiophene rings is 1. The van der Waals surface area contributed by atoms with Crippen LogP contribution in [0.4, 0.5) is 5.69 Å². The van der Waals surface area contributed by atoms with Crippen LogP contribution in [0.1, 0.15) is 20.8 Å². The first-order valence-electron chi connectivity index (χ1n) is 7.01. The lowest BCUT2D eigenvalue weighted by atomic mass is 10.1. The molecule has 5 heteroatoms. The van der Waals surface area contributed by atoms with Crippen LogP contribution in [0.3, 0.4) is 0 Å². The Kier molecular flexibility index (Phi) is 4.04. The number of nitrogens with zero attached hydrogens (tertiary/aromatic N) is 1. The monoisotopic (exact) mass is 323 g/mol. The van der Waals surface area contributed by atoms with Gasteiger partial charge in [-0.2, -0.15) is 0 Å². The Balaban J connectivity index is 1.84. The molecule has 0 aliphatic carbocycles. The van der Waals surface area contributed by atoms with Crippen LogP contribution < -0.4 is 0 Å². The van der Waals surface area contributed by atoms with Crippen LogP contribution in [0.5, 0.6) is 0 Å². The first kappa shape index (κ1) is 15.1. The third-order valence-corrected chi connectivity index (χ3v) is 4.87. The molecule has 0 unspecified atom stereocenters. The van der Waals surface area contributed by atoms with E-state index in [-0.39, 0.29) is 11.5 Å². The van der Waals surface area contributed by atoms with Gasteiger partial charge in [-0.25, -0.2) is 0 Å². The summed E-state index contributed by atoms with van der Waals surface area (Å²) in [5.41, 5.74) is 1.56. The van der Waals surface area contributed by atoms with Gasteiger partial charge in [-0.3, -0.25) is 14.9 Å². The molecule has 3 rings (SSSR count). The van der Waals surface area contributed by atoms with E-state index in [2.05, 4.69) is 12.1 Å². The lowest BCUT2D eigenvalue weighted by Crippen LogP contribution is -1.95. The van der Waals surface area contributed by atoms with Gasteiger partial charge in [-0.15, -0.1) is 11.3 Å². The Labute approximate surface area is 136 Å². The molecule has 114 valence electrons. The van der Waals surface area contributed by atoms with Gasteiger partial charge < -0.3 is 0 Å². The van der Waals surface area contributed by atoms with Crippen molar-refractivity contribution in [2.24, 2.45) is 0 Å². The number of ketones is 1. The zero-order valence-corrected chi connectivity index (χ0v) is 13.2. The predicted molar refractivity (Wildman–Crippen MR) is 93.0 cm³/mol. The molecule has 0 amide bonds. The van der Waals surface area contributed by atoms with Gasteiger partial charge in [0.25, 0.3) is 5.69 Å². The molecule has 0 saturated carbocycles. The molecule has 0 radical (unpaired) electrons. The number of nitro benzene ring substituents is 1. The first-order chi connectivity index (χ1) is 11.1. The molecule has 0 bridgehead atoms. The highest BCUT2D eigenvalue weighted by atomic mass is 32.1. The number of fused-ring (bicyclic) bond motifs is 1. The van der Waals surface area contributed by atoms with E-state index in [1.807, 2.05) is 25.1 Å². The van der Waals surface area contributed by atoms with Crippen LogP contribution in [-0.2, 0) is 0 Å². The van der Waals surface area contributed by atoms with Gasteiger partial charge in [0.1, 0.15) is 0 Å². The van der Waals surface area contributed by atoms with Crippen LogP contribution >= 0.6 is 11.3 Å². The number of hydrogen-bond acceptors (Lipinski definition) is 4. The molecule has 0 aliphatic rings. The van der Waals surface area contributed by atoms with E-state index >= 15 is 0 Å². The number of rotatable bonds is 4. The van der Waals surface area contributed by atoms with Gasteiger partial charge in [0.05, 0.1) is 4.92 Å². The molecule has 1 heterocycles. The molecule has 2 aromatic carbocycles. The second kappa shape index (κ2) is 6.14. The Bertz CT molecular complexity index is 923. The highest BCUT2D eigenvalue weighted by Gasteiger charge is 2.09. The van der Waals surface area contributed by atoms with Crippen molar-refractivity contribution >= 4 is 39.0 Å². The van der Waals surface area contributed by atoms with Crippen LogP contribution in [0.15, 0.2) is 54.6 Å². The maximum Gasteiger partial charge on any atom is 0.269 e. The minimum atomic E-state index is -0.481. The quantitative estimate of drug-likeness (QED) is 0.293. The maximum absolute atomic E-state index is 12.2. The number of benzene rings is 2. The van der Waals surface area contributed by atoms with Crippen LogP contribution in [-0.4, -0.2) is 10.7 Å². The summed E-state index contributed by atoms with van der Waals surface area (Å²) in [6.07, 6.45) is 3.32. The van der Waals surface area contributed by atoms with Crippen molar-refractivity contribution in [2.45, 2.75) is 6.92 Å². The van der Waals surface area contributed by atoms with Crippen molar-refractivity contribution in [3.8, 4) is 0 Å². The lowest BCUT2D eigenvalue weighted by molar-refractivity contribution is -0.384. The summed E-state index contributed by atoms with van der Waals surface area (Å²) in [5, 5.41) is 11.8. The molecule has 3 aromatic rings. The Morgan fingerprint density at radius 2 is 1.83 bits per heavy atom. The topological polar surface area (TPSA) is 60.2 Å². The summed E-state index contributed by atoms with van der Waals surface area (Å²) >= 11 is 1.64. The molecule has 23 heavy (non-hydrogen) atoms. The van der Waals surface area contributed by atoms with Crippen molar-refractivity contribution in [3.05, 3.63) is 80.7 Å². The van der Waals surface area contributed by atoms with Crippen molar-refractivity contribution in [1.29, 1.82) is 0 Å². The molecular weight excluding hydrogens is 310 g/mol. The third-order valence-electron chi connectivity index (χ3n) is 3.63. The fourth-order valence-corrected chi connectivity index (χ4v) is 3.46. The average Bonchev–Trinajstić information content (AvgIpc) is 2.89. The van der Waals surface area contributed by atoms with Crippen molar-refractivity contribution in [1.82, 2.24) is 0 Å². The molecular formula is C18H13NO3S. The second-order valence-electron chi connectivity index (χ2n) is 5.09. The van der Waals surface area contributed by atoms with E-state index < -0.39 is 4.92 Å². The maximum atomic E-state index is 12.2. The zero-order chi connectivity index (χ0) is 16.4. The molecule has 0 spiro atoms. The Morgan fingerprint density at radius 1 is 1.13 bits per heavy atom. The standard InChI is InChI=1S/C18H13NO3S/c1-12-15-4-2-3-5-18(15)23-17(12)11-10-16(20)13-6-8-14(9-7-13)19(21)22/h2-11H,1H3/b11-10-. The number of hydrogen-bond donors (Lipinski definition) is 0. The largest absolute Gasteiger partial charge is 0.289 e. The second-order valence-corrected chi connectivity index (χ2v) is 6.17. The smallest absolute Gasteiger partial charge is 0.269 e. The minimum absolute atomic E-state index is 0.0223. The number of carbonyl (C=O) groups is 1.